The van der Waals surface area contributed by atoms with Gasteiger partial charge < -0.3 is 24.6 Å². The first-order chi connectivity index (χ1) is 13.5. The molecule has 0 bridgehead atoms. The number of anilines is 2. The van der Waals surface area contributed by atoms with E-state index in [4.69, 9.17) is 21.7 Å². The first-order valence-electron chi connectivity index (χ1n) is 9.21. The SMILES string of the molecule is CCc1cc(C(=O)OC)c(NC(=S)N2CCN(c3ccc(OC)cc3)CC2)s1. The van der Waals surface area contributed by atoms with Crippen molar-refractivity contribution in [3.05, 3.63) is 40.8 Å². The van der Waals surface area contributed by atoms with Crippen molar-refractivity contribution in [2.24, 2.45) is 0 Å². The molecule has 2 heterocycles. The zero-order chi connectivity index (χ0) is 20.1. The maximum absolute atomic E-state index is 12.0. The molecule has 0 amide bonds. The van der Waals surface area contributed by atoms with Crippen molar-refractivity contribution in [1.82, 2.24) is 4.90 Å². The summed E-state index contributed by atoms with van der Waals surface area (Å²) in [6.07, 6.45) is 0.865. The molecule has 28 heavy (non-hydrogen) atoms. The van der Waals surface area contributed by atoms with Crippen molar-refractivity contribution in [2.45, 2.75) is 13.3 Å². The Morgan fingerprint density at radius 1 is 1.18 bits per heavy atom. The van der Waals surface area contributed by atoms with Crippen LogP contribution in [-0.2, 0) is 11.2 Å². The van der Waals surface area contributed by atoms with E-state index in [1.54, 1.807) is 18.4 Å². The number of ether oxygens (including phenoxy) is 2. The molecule has 8 heteroatoms. The molecular weight excluding hydrogens is 394 g/mol. The number of aryl methyl sites for hydroxylation is 1. The molecule has 0 radical (unpaired) electrons. The van der Waals surface area contributed by atoms with E-state index >= 15 is 0 Å². The van der Waals surface area contributed by atoms with Gasteiger partial charge in [-0.1, -0.05) is 6.92 Å². The highest BCUT2D eigenvalue weighted by Gasteiger charge is 2.22. The highest BCUT2D eigenvalue weighted by molar-refractivity contribution is 7.80. The third kappa shape index (κ3) is 4.56. The van der Waals surface area contributed by atoms with Crippen LogP contribution in [0.3, 0.4) is 0 Å². The number of thiophene rings is 1. The summed E-state index contributed by atoms with van der Waals surface area (Å²) in [6, 6.07) is 9.98. The van der Waals surface area contributed by atoms with E-state index < -0.39 is 0 Å². The average molecular weight is 420 g/mol. The summed E-state index contributed by atoms with van der Waals surface area (Å²) in [6.45, 7) is 5.45. The van der Waals surface area contributed by atoms with Gasteiger partial charge in [-0.3, -0.25) is 0 Å². The van der Waals surface area contributed by atoms with Gasteiger partial charge in [-0.15, -0.1) is 11.3 Å². The van der Waals surface area contributed by atoms with Gasteiger partial charge >= 0.3 is 5.97 Å². The molecule has 0 unspecified atom stereocenters. The molecule has 1 saturated heterocycles. The number of nitrogens with one attached hydrogen (secondary N) is 1. The average Bonchev–Trinajstić information content (AvgIpc) is 3.16. The van der Waals surface area contributed by atoms with Crippen LogP contribution in [0.25, 0.3) is 0 Å². The molecular formula is C20H25N3O3S2. The Bertz CT molecular complexity index is 828. The number of rotatable bonds is 5. The van der Waals surface area contributed by atoms with Gasteiger partial charge in [0.25, 0.3) is 0 Å². The molecule has 1 aliphatic heterocycles. The zero-order valence-corrected chi connectivity index (χ0v) is 18.0. The maximum atomic E-state index is 12.0. The molecule has 0 spiro atoms. The lowest BCUT2D eigenvalue weighted by molar-refractivity contribution is 0.0602. The molecule has 1 N–H and O–H groups in total. The minimum atomic E-state index is -0.342. The lowest BCUT2D eigenvalue weighted by Crippen LogP contribution is -2.50. The van der Waals surface area contributed by atoms with Crippen molar-refractivity contribution < 1.29 is 14.3 Å². The van der Waals surface area contributed by atoms with Crippen LogP contribution in [0.4, 0.5) is 10.7 Å². The van der Waals surface area contributed by atoms with Crippen molar-refractivity contribution in [3.63, 3.8) is 0 Å². The Morgan fingerprint density at radius 3 is 2.43 bits per heavy atom. The number of methoxy groups -OCH3 is 2. The van der Waals surface area contributed by atoms with Crippen molar-refractivity contribution >= 4 is 45.3 Å². The monoisotopic (exact) mass is 419 g/mol. The quantitative estimate of drug-likeness (QED) is 0.587. The van der Waals surface area contributed by atoms with Gasteiger partial charge in [-0.2, -0.15) is 0 Å². The van der Waals surface area contributed by atoms with Gasteiger partial charge in [-0.05, 0) is 49.0 Å². The Morgan fingerprint density at radius 2 is 1.86 bits per heavy atom. The molecule has 150 valence electrons. The fourth-order valence-electron chi connectivity index (χ4n) is 3.11. The summed E-state index contributed by atoms with van der Waals surface area (Å²) in [5.74, 6) is 0.516. The van der Waals surface area contributed by atoms with Crippen LogP contribution in [0.15, 0.2) is 30.3 Å². The predicted octanol–water partition coefficient (Wildman–Crippen LogP) is 3.62. The smallest absolute Gasteiger partial charge is 0.340 e. The second kappa shape index (κ2) is 9.25. The molecule has 2 aromatic rings. The molecule has 1 fully saturated rings. The van der Waals surface area contributed by atoms with E-state index in [1.807, 2.05) is 18.2 Å². The Balaban J connectivity index is 1.61. The maximum Gasteiger partial charge on any atom is 0.340 e. The third-order valence-electron chi connectivity index (χ3n) is 4.76. The van der Waals surface area contributed by atoms with Gasteiger partial charge in [0.05, 0.1) is 19.8 Å². The molecule has 3 rings (SSSR count). The first-order valence-corrected chi connectivity index (χ1v) is 10.4. The number of piperazine rings is 1. The van der Waals surface area contributed by atoms with E-state index in [1.165, 1.54) is 12.8 Å². The number of hydrogen-bond acceptors (Lipinski definition) is 6. The number of carbonyl (C=O) groups is 1. The number of esters is 1. The molecule has 0 atom stereocenters. The highest BCUT2D eigenvalue weighted by atomic mass is 32.1. The van der Waals surface area contributed by atoms with Crippen LogP contribution in [0.2, 0.25) is 0 Å². The summed E-state index contributed by atoms with van der Waals surface area (Å²) in [7, 11) is 3.07. The van der Waals surface area contributed by atoms with E-state index in [0.29, 0.717) is 10.7 Å². The van der Waals surface area contributed by atoms with Crippen LogP contribution >= 0.6 is 23.6 Å². The predicted molar refractivity (Wildman–Crippen MR) is 118 cm³/mol. The molecule has 0 aliphatic carbocycles. The van der Waals surface area contributed by atoms with Crippen molar-refractivity contribution in [1.29, 1.82) is 0 Å². The lowest BCUT2D eigenvalue weighted by Gasteiger charge is -2.37. The van der Waals surface area contributed by atoms with E-state index in [9.17, 15) is 4.79 Å². The van der Waals surface area contributed by atoms with Crippen LogP contribution in [0.5, 0.6) is 5.75 Å². The lowest BCUT2D eigenvalue weighted by atomic mass is 10.2. The van der Waals surface area contributed by atoms with Crippen LogP contribution < -0.4 is 15.0 Å². The molecule has 0 saturated carbocycles. The highest BCUT2D eigenvalue weighted by Crippen LogP contribution is 2.30. The summed E-state index contributed by atoms with van der Waals surface area (Å²) in [4.78, 5) is 17.6. The molecule has 1 aliphatic rings. The minimum Gasteiger partial charge on any atom is -0.497 e. The number of thiocarbonyl (C=S) groups is 1. The van der Waals surface area contributed by atoms with Crippen molar-refractivity contribution in [2.75, 3.05) is 50.6 Å². The second-order valence-electron chi connectivity index (χ2n) is 6.40. The van der Waals surface area contributed by atoms with E-state index in [2.05, 4.69) is 34.2 Å². The standard InChI is InChI=1S/C20H25N3O3S2/c1-4-16-13-17(19(24)26-3)18(28-16)21-20(27)23-11-9-22(10-12-23)14-5-7-15(25-2)8-6-14/h5-8,13H,4,9-12H2,1-3H3,(H,21,27). The van der Waals surface area contributed by atoms with Gasteiger partial charge in [-0.25, -0.2) is 4.79 Å². The Labute approximate surface area is 175 Å². The number of benzene rings is 1. The summed E-state index contributed by atoms with van der Waals surface area (Å²) >= 11 is 7.15. The normalized spacial score (nSPS) is 14.0. The third-order valence-corrected chi connectivity index (χ3v) is 6.32. The van der Waals surface area contributed by atoms with Crippen LogP contribution in [-0.4, -0.2) is 56.4 Å². The zero-order valence-electron chi connectivity index (χ0n) is 16.4. The summed E-state index contributed by atoms with van der Waals surface area (Å²) < 4.78 is 10.1. The Kier molecular flexibility index (Phi) is 6.74. The topological polar surface area (TPSA) is 54.0 Å². The molecule has 1 aromatic heterocycles. The number of hydrogen-bond donors (Lipinski definition) is 1. The summed E-state index contributed by atoms with van der Waals surface area (Å²) in [5.41, 5.74) is 1.72. The fourth-order valence-corrected chi connectivity index (χ4v) is 4.44. The van der Waals surface area contributed by atoms with Gasteiger partial charge in [0.1, 0.15) is 10.8 Å². The van der Waals surface area contributed by atoms with Crippen LogP contribution in [0.1, 0.15) is 22.2 Å². The fraction of sp³-hybridized carbons (Fsp3) is 0.400. The molecule has 1 aromatic carbocycles. The molecule has 6 nitrogen and oxygen atoms in total. The number of carbonyl (C=O) groups excluding carboxylic acids is 1. The van der Waals surface area contributed by atoms with Crippen LogP contribution in [0, 0.1) is 0 Å². The Hall–Kier alpha value is -2.32. The van der Waals surface area contributed by atoms with Crippen molar-refractivity contribution in [3.8, 4) is 5.75 Å². The second-order valence-corrected chi connectivity index (χ2v) is 7.93. The summed E-state index contributed by atoms with van der Waals surface area (Å²) in [5, 5.41) is 4.66. The van der Waals surface area contributed by atoms with E-state index in [-0.39, 0.29) is 5.97 Å². The first kappa shape index (κ1) is 20.4. The van der Waals surface area contributed by atoms with Gasteiger partial charge in [0.2, 0.25) is 0 Å². The largest absolute Gasteiger partial charge is 0.497 e. The minimum absolute atomic E-state index is 0.342. The van der Waals surface area contributed by atoms with Gasteiger partial charge in [0, 0.05) is 36.7 Å². The van der Waals surface area contributed by atoms with E-state index in [0.717, 1.165) is 48.2 Å². The number of nitrogens with zero attached hydrogens (tertiary/aromatic N) is 2. The van der Waals surface area contributed by atoms with Gasteiger partial charge in [0.15, 0.2) is 5.11 Å².